The van der Waals surface area contributed by atoms with E-state index < -0.39 is 29.7 Å². The number of carbonyl (C=O) groups excluding carboxylic acids is 1. The van der Waals surface area contributed by atoms with Crippen LogP contribution in [-0.4, -0.2) is 53.5 Å². The van der Waals surface area contributed by atoms with Gasteiger partial charge in [-0.1, -0.05) is 6.07 Å². The molecule has 5 nitrogen and oxygen atoms in total. The largest absolute Gasteiger partial charge is 0.480 e. The Balaban J connectivity index is 2.77. The van der Waals surface area contributed by atoms with Gasteiger partial charge in [0.15, 0.2) is 11.6 Å². The summed E-state index contributed by atoms with van der Waals surface area (Å²) in [5.74, 6) is -3.25. The second-order valence-corrected chi connectivity index (χ2v) is 5.28. The van der Waals surface area contributed by atoms with Crippen molar-refractivity contribution in [2.24, 2.45) is 0 Å². The Bertz CT molecular complexity index is 566. The molecule has 0 aliphatic rings. The van der Waals surface area contributed by atoms with Crippen LogP contribution in [0.1, 0.15) is 25.5 Å². The molecule has 0 radical (unpaired) electrons. The lowest BCUT2D eigenvalue weighted by Crippen LogP contribution is -2.43. The number of carboxylic acids is 1. The van der Waals surface area contributed by atoms with Gasteiger partial charge in [-0.3, -0.25) is 14.5 Å². The fourth-order valence-corrected chi connectivity index (χ4v) is 1.86. The van der Waals surface area contributed by atoms with E-state index >= 15 is 0 Å². The van der Waals surface area contributed by atoms with Crippen LogP contribution in [0.3, 0.4) is 0 Å². The summed E-state index contributed by atoms with van der Waals surface area (Å²) in [5.41, 5.74) is 0.462. The Morgan fingerprint density at radius 2 is 1.77 bits per heavy atom. The standard InChI is InChI=1S/C15H20F2N2O3/c1-9(11-5-6-12(16)13(17)7-11)19(4)14(20)8-18(3)10(2)15(21)22/h5-7,9-10H,8H2,1-4H3,(H,21,22). The highest BCUT2D eigenvalue weighted by molar-refractivity contribution is 5.80. The van der Waals surface area contributed by atoms with Gasteiger partial charge in [0, 0.05) is 7.05 Å². The molecule has 0 saturated carbocycles. The minimum absolute atomic E-state index is 0.0853. The Labute approximate surface area is 128 Å². The van der Waals surface area contributed by atoms with E-state index in [4.69, 9.17) is 5.11 Å². The molecule has 0 spiro atoms. The lowest BCUT2D eigenvalue weighted by atomic mass is 10.1. The molecule has 0 heterocycles. The predicted octanol–water partition coefficient (Wildman–Crippen LogP) is 1.89. The number of nitrogens with zero attached hydrogens (tertiary/aromatic N) is 2. The van der Waals surface area contributed by atoms with Crippen molar-refractivity contribution in [1.82, 2.24) is 9.80 Å². The number of hydrogen-bond donors (Lipinski definition) is 1. The number of aliphatic carboxylic acids is 1. The van der Waals surface area contributed by atoms with Gasteiger partial charge in [0.2, 0.25) is 5.91 Å². The molecule has 0 saturated heterocycles. The van der Waals surface area contributed by atoms with Gasteiger partial charge in [-0.25, -0.2) is 8.78 Å². The number of hydrogen-bond acceptors (Lipinski definition) is 3. The zero-order chi connectivity index (χ0) is 17.0. The maximum atomic E-state index is 13.3. The molecule has 0 fully saturated rings. The zero-order valence-corrected chi connectivity index (χ0v) is 13.0. The van der Waals surface area contributed by atoms with Crippen LogP contribution in [0.4, 0.5) is 8.78 Å². The van der Waals surface area contributed by atoms with Crippen molar-refractivity contribution in [2.45, 2.75) is 25.9 Å². The Hall–Kier alpha value is -2.02. The quantitative estimate of drug-likeness (QED) is 0.871. The first-order valence-corrected chi connectivity index (χ1v) is 6.78. The van der Waals surface area contributed by atoms with E-state index in [2.05, 4.69) is 0 Å². The van der Waals surface area contributed by atoms with Crippen molar-refractivity contribution >= 4 is 11.9 Å². The number of carboxylic acid groups (broad SMARTS) is 1. The van der Waals surface area contributed by atoms with E-state index in [1.165, 1.54) is 36.9 Å². The normalized spacial score (nSPS) is 13.8. The average Bonchev–Trinajstić information content (AvgIpc) is 2.47. The Morgan fingerprint density at radius 1 is 1.18 bits per heavy atom. The van der Waals surface area contributed by atoms with Crippen LogP contribution in [-0.2, 0) is 9.59 Å². The van der Waals surface area contributed by atoms with E-state index in [0.717, 1.165) is 12.1 Å². The Morgan fingerprint density at radius 3 is 2.27 bits per heavy atom. The van der Waals surface area contributed by atoms with E-state index in [-0.39, 0.29) is 12.5 Å². The van der Waals surface area contributed by atoms with Gasteiger partial charge in [-0.2, -0.15) is 0 Å². The third-order valence-corrected chi connectivity index (χ3v) is 3.80. The van der Waals surface area contributed by atoms with Gasteiger partial charge in [0.25, 0.3) is 0 Å². The monoisotopic (exact) mass is 314 g/mol. The van der Waals surface area contributed by atoms with Crippen LogP contribution in [0, 0.1) is 11.6 Å². The second-order valence-electron chi connectivity index (χ2n) is 5.28. The molecule has 1 N–H and O–H groups in total. The molecule has 1 amide bonds. The smallest absolute Gasteiger partial charge is 0.320 e. The summed E-state index contributed by atoms with van der Waals surface area (Å²) in [6.45, 7) is 3.08. The molecular weight excluding hydrogens is 294 g/mol. The fourth-order valence-electron chi connectivity index (χ4n) is 1.86. The van der Waals surface area contributed by atoms with Gasteiger partial charge in [0.05, 0.1) is 12.6 Å². The summed E-state index contributed by atoms with van der Waals surface area (Å²) in [6, 6.07) is 2.22. The average molecular weight is 314 g/mol. The van der Waals surface area contributed by atoms with E-state index in [1.54, 1.807) is 6.92 Å². The Kier molecular flexibility index (Phi) is 5.99. The van der Waals surface area contributed by atoms with Gasteiger partial charge in [-0.15, -0.1) is 0 Å². The molecule has 2 unspecified atom stereocenters. The van der Waals surface area contributed by atoms with Crippen molar-refractivity contribution in [3.05, 3.63) is 35.4 Å². The molecule has 2 atom stereocenters. The molecule has 7 heteroatoms. The third kappa shape index (κ3) is 4.24. The van der Waals surface area contributed by atoms with Gasteiger partial charge >= 0.3 is 5.97 Å². The van der Waals surface area contributed by atoms with Crippen molar-refractivity contribution in [3.8, 4) is 0 Å². The van der Waals surface area contributed by atoms with Crippen LogP contribution in [0.2, 0.25) is 0 Å². The van der Waals surface area contributed by atoms with Gasteiger partial charge < -0.3 is 10.0 Å². The minimum atomic E-state index is -1.02. The number of carbonyl (C=O) groups is 2. The van der Waals surface area contributed by atoms with Gasteiger partial charge in [0.1, 0.15) is 6.04 Å². The first kappa shape index (κ1) is 18.0. The molecule has 0 aliphatic carbocycles. The fraction of sp³-hybridized carbons (Fsp3) is 0.467. The highest BCUT2D eigenvalue weighted by atomic mass is 19.2. The van der Waals surface area contributed by atoms with Crippen molar-refractivity contribution in [2.75, 3.05) is 20.6 Å². The highest BCUT2D eigenvalue weighted by Crippen LogP contribution is 2.21. The van der Waals surface area contributed by atoms with Crippen molar-refractivity contribution < 1.29 is 23.5 Å². The van der Waals surface area contributed by atoms with Crippen molar-refractivity contribution in [3.63, 3.8) is 0 Å². The summed E-state index contributed by atoms with van der Waals surface area (Å²) in [4.78, 5) is 25.8. The number of amides is 1. The predicted molar refractivity (Wildman–Crippen MR) is 77.3 cm³/mol. The van der Waals surface area contributed by atoms with Crippen LogP contribution >= 0.6 is 0 Å². The summed E-state index contributed by atoms with van der Waals surface area (Å²) in [7, 11) is 3.07. The highest BCUT2D eigenvalue weighted by Gasteiger charge is 2.23. The molecule has 1 aromatic carbocycles. The number of halogens is 2. The first-order chi connectivity index (χ1) is 10.1. The van der Waals surface area contributed by atoms with Crippen LogP contribution in [0.15, 0.2) is 18.2 Å². The topological polar surface area (TPSA) is 60.9 Å². The van der Waals surface area contributed by atoms with Crippen LogP contribution in [0.25, 0.3) is 0 Å². The SMILES string of the molecule is CC(C(=O)O)N(C)CC(=O)N(C)C(C)c1ccc(F)c(F)c1. The molecular formula is C15H20F2N2O3. The van der Waals surface area contributed by atoms with E-state index in [1.807, 2.05) is 0 Å². The zero-order valence-electron chi connectivity index (χ0n) is 13.0. The van der Waals surface area contributed by atoms with E-state index in [0.29, 0.717) is 5.56 Å². The second kappa shape index (κ2) is 7.31. The lowest BCUT2D eigenvalue weighted by molar-refractivity contribution is -0.143. The summed E-state index contributed by atoms with van der Waals surface area (Å²) in [6.07, 6.45) is 0. The van der Waals surface area contributed by atoms with Crippen molar-refractivity contribution in [1.29, 1.82) is 0 Å². The van der Waals surface area contributed by atoms with Crippen LogP contribution < -0.4 is 0 Å². The summed E-state index contributed by atoms with van der Waals surface area (Å²) < 4.78 is 26.2. The molecule has 0 aliphatic heterocycles. The molecule has 122 valence electrons. The maximum Gasteiger partial charge on any atom is 0.320 e. The summed E-state index contributed by atoms with van der Waals surface area (Å²) in [5, 5.41) is 8.90. The first-order valence-electron chi connectivity index (χ1n) is 6.78. The molecule has 0 bridgehead atoms. The third-order valence-electron chi connectivity index (χ3n) is 3.80. The van der Waals surface area contributed by atoms with Gasteiger partial charge in [-0.05, 0) is 38.6 Å². The maximum absolute atomic E-state index is 13.3. The lowest BCUT2D eigenvalue weighted by Gasteiger charge is -2.28. The van der Waals surface area contributed by atoms with Crippen LogP contribution in [0.5, 0.6) is 0 Å². The van der Waals surface area contributed by atoms with E-state index in [9.17, 15) is 18.4 Å². The number of rotatable bonds is 6. The number of likely N-dealkylation sites (N-methyl/N-ethyl adjacent to an activating group) is 2. The molecule has 1 aromatic rings. The number of benzene rings is 1. The minimum Gasteiger partial charge on any atom is -0.480 e. The molecule has 22 heavy (non-hydrogen) atoms. The molecule has 0 aromatic heterocycles. The summed E-state index contributed by atoms with van der Waals surface area (Å²) >= 11 is 0. The molecule has 1 rings (SSSR count).